The standard InChI is InChI=1S/C26H21Cl2N3O6S/c1-3-14-11-12-19(28)25(38(34,35)36)21(14)30-31-22-16-8-5-4-7-15(16)13-17(23(22)32)26(33)29-20-10-6-9-18(27)24(20)37-2/h4-13,32H,3H2,1-2H3,(H,29,33)(H,34,35,36). The van der Waals surface area contributed by atoms with Gasteiger partial charge in [0.2, 0.25) is 0 Å². The molecule has 0 aliphatic heterocycles. The third-order valence-corrected chi connectivity index (χ3v) is 7.37. The molecule has 9 nitrogen and oxygen atoms in total. The number of anilines is 1. The summed E-state index contributed by atoms with van der Waals surface area (Å²) in [5.74, 6) is -0.936. The van der Waals surface area contributed by atoms with Crippen LogP contribution in [0.25, 0.3) is 10.8 Å². The highest BCUT2D eigenvalue weighted by molar-refractivity contribution is 7.86. The fourth-order valence-corrected chi connectivity index (χ4v) is 5.35. The third kappa shape index (κ3) is 5.30. The summed E-state index contributed by atoms with van der Waals surface area (Å²) < 4.78 is 39.2. The first-order valence-electron chi connectivity index (χ1n) is 11.2. The number of methoxy groups -OCH3 is 1. The third-order valence-electron chi connectivity index (χ3n) is 5.71. The average Bonchev–Trinajstić information content (AvgIpc) is 2.87. The van der Waals surface area contributed by atoms with E-state index in [2.05, 4.69) is 15.5 Å². The van der Waals surface area contributed by atoms with Crippen LogP contribution in [-0.4, -0.2) is 31.1 Å². The number of phenolic OH excluding ortho intramolecular Hbond substituents is 1. The van der Waals surface area contributed by atoms with Crippen LogP contribution in [-0.2, 0) is 16.5 Å². The van der Waals surface area contributed by atoms with Gasteiger partial charge in [-0.1, -0.05) is 66.5 Å². The Balaban J connectivity index is 1.88. The van der Waals surface area contributed by atoms with E-state index in [1.165, 1.54) is 19.2 Å². The molecule has 4 aromatic rings. The second-order valence-corrected chi connectivity index (χ2v) is 10.2. The van der Waals surface area contributed by atoms with Gasteiger partial charge in [0.15, 0.2) is 11.5 Å². The molecular weight excluding hydrogens is 553 g/mol. The number of ether oxygens (including phenoxy) is 1. The molecule has 0 aliphatic rings. The van der Waals surface area contributed by atoms with E-state index in [0.29, 0.717) is 22.8 Å². The van der Waals surface area contributed by atoms with Crippen LogP contribution >= 0.6 is 23.2 Å². The number of phenols is 1. The first kappa shape index (κ1) is 27.3. The molecule has 12 heteroatoms. The number of nitrogens with one attached hydrogen (secondary N) is 1. The molecule has 0 unspecified atom stereocenters. The van der Waals surface area contributed by atoms with Crippen molar-refractivity contribution < 1.29 is 27.6 Å². The van der Waals surface area contributed by atoms with Crippen LogP contribution in [0.4, 0.5) is 17.1 Å². The smallest absolute Gasteiger partial charge is 0.298 e. The Labute approximate surface area is 228 Å². The predicted octanol–water partition coefficient (Wildman–Crippen LogP) is 7.34. The quantitative estimate of drug-likeness (QED) is 0.156. The molecular formula is C26H21Cl2N3O6S. The molecule has 4 rings (SSSR count). The van der Waals surface area contributed by atoms with Crippen molar-refractivity contribution >= 4 is 67.1 Å². The van der Waals surface area contributed by atoms with Gasteiger partial charge in [-0.2, -0.15) is 8.42 Å². The number of aryl methyl sites for hydroxylation is 1. The summed E-state index contributed by atoms with van der Waals surface area (Å²) in [6.45, 7) is 1.76. The molecule has 0 heterocycles. The van der Waals surface area contributed by atoms with Gasteiger partial charge in [-0.05, 0) is 41.6 Å². The summed E-state index contributed by atoms with van der Waals surface area (Å²) in [6, 6.07) is 16.0. The monoisotopic (exact) mass is 573 g/mol. The molecule has 0 aromatic heterocycles. The zero-order chi connectivity index (χ0) is 27.6. The summed E-state index contributed by atoms with van der Waals surface area (Å²) in [7, 11) is -3.35. The maximum Gasteiger partial charge on any atom is 0.298 e. The molecule has 0 aliphatic carbocycles. The first-order valence-corrected chi connectivity index (χ1v) is 13.4. The number of fused-ring (bicyclic) bond motifs is 1. The molecule has 0 spiro atoms. The number of amides is 1. The van der Waals surface area contributed by atoms with E-state index in [1.807, 2.05) is 0 Å². The van der Waals surface area contributed by atoms with Crippen molar-refractivity contribution in [1.29, 1.82) is 0 Å². The maximum atomic E-state index is 13.2. The van der Waals surface area contributed by atoms with Gasteiger partial charge >= 0.3 is 0 Å². The van der Waals surface area contributed by atoms with E-state index in [1.54, 1.807) is 55.5 Å². The fourth-order valence-electron chi connectivity index (χ4n) is 3.92. The van der Waals surface area contributed by atoms with Gasteiger partial charge in [0.1, 0.15) is 16.3 Å². The Morgan fingerprint density at radius 3 is 2.39 bits per heavy atom. The maximum absolute atomic E-state index is 13.2. The Morgan fingerprint density at radius 2 is 1.71 bits per heavy atom. The lowest BCUT2D eigenvalue weighted by Crippen LogP contribution is -2.13. The molecule has 196 valence electrons. The number of carbonyl (C=O) groups excluding carboxylic acids is 1. The highest BCUT2D eigenvalue weighted by Crippen LogP contribution is 2.42. The minimum atomic E-state index is -4.76. The number of halogens is 2. The van der Waals surface area contributed by atoms with Gasteiger partial charge in [0, 0.05) is 5.39 Å². The Bertz CT molecular complexity index is 1710. The van der Waals surface area contributed by atoms with Gasteiger partial charge in [-0.25, -0.2) is 0 Å². The van der Waals surface area contributed by atoms with Crippen molar-refractivity contribution in [1.82, 2.24) is 0 Å². The van der Waals surface area contributed by atoms with Crippen molar-refractivity contribution in [3.63, 3.8) is 0 Å². The zero-order valence-corrected chi connectivity index (χ0v) is 22.4. The van der Waals surface area contributed by atoms with Crippen LogP contribution in [0.2, 0.25) is 10.0 Å². The molecule has 0 saturated heterocycles. The number of carbonyl (C=O) groups is 1. The summed E-state index contributed by atoms with van der Waals surface area (Å²) in [5.41, 5.74) is 0.331. The number of azo groups is 1. The molecule has 0 saturated carbocycles. The van der Waals surface area contributed by atoms with Gasteiger partial charge in [0.25, 0.3) is 16.0 Å². The number of para-hydroxylation sites is 1. The summed E-state index contributed by atoms with van der Waals surface area (Å²) >= 11 is 12.2. The van der Waals surface area contributed by atoms with Crippen LogP contribution in [0.5, 0.6) is 11.5 Å². The van der Waals surface area contributed by atoms with E-state index < -0.39 is 26.7 Å². The van der Waals surface area contributed by atoms with E-state index in [0.717, 1.165) is 0 Å². The van der Waals surface area contributed by atoms with Crippen LogP contribution in [0.3, 0.4) is 0 Å². The largest absolute Gasteiger partial charge is 0.505 e. The van der Waals surface area contributed by atoms with Crippen molar-refractivity contribution in [2.75, 3.05) is 12.4 Å². The lowest BCUT2D eigenvalue weighted by molar-refractivity contribution is 0.102. The van der Waals surface area contributed by atoms with Crippen molar-refractivity contribution in [2.24, 2.45) is 10.2 Å². The second-order valence-electron chi connectivity index (χ2n) is 8.03. The number of hydrogen-bond donors (Lipinski definition) is 3. The van der Waals surface area contributed by atoms with Gasteiger partial charge in [-0.15, -0.1) is 10.2 Å². The average molecular weight is 574 g/mol. The molecule has 4 aromatic carbocycles. The SMILES string of the molecule is CCc1ccc(Cl)c(S(=O)(=O)O)c1N=Nc1c(O)c(C(=O)Nc2cccc(Cl)c2OC)cc2ccccc12. The molecule has 0 radical (unpaired) electrons. The van der Waals surface area contributed by atoms with Crippen molar-refractivity contribution in [3.8, 4) is 11.5 Å². The lowest BCUT2D eigenvalue weighted by atomic mass is 10.0. The number of nitrogens with zero attached hydrogens (tertiary/aromatic N) is 2. The molecule has 0 bridgehead atoms. The van der Waals surface area contributed by atoms with Crippen LogP contribution in [0, 0.1) is 0 Å². The minimum absolute atomic E-state index is 0.0883. The molecule has 0 fully saturated rings. The highest BCUT2D eigenvalue weighted by Gasteiger charge is 2.24. The fraction of sp³-hybridized carbons (Fsp3) is 0.115. The van der Waals surface area contributed by atoms with E-state index in [9.17, 15) is 22.9 Å². The van der Waals surface area contributed by atoms with Crippen molar-refractivity contribution in [3.05, 3.63) is 81.8 Å². The topological polar surface area (TPSA) is 138 Å². The Morgan fingerprint density at radius 1 is 1.00 bits per heavy atom. The highest BCUT2D eigenvalue weighted by atomic mass is 35.5. The van der Waals surface area contributed by atoms with Crippen LogP contribution in [0.1, 0.15) is 22.8 Å². The predicted molar refractivity (Wildman–Crippen MR) is 146 cm³/mol. The van der Waals surface area contributed by atoms with E-state index in [-0.39, 0.29) is 38.4 Å². The number of benzene rings is 4. The number of rotatable bonds is 7. The Kier molecular flexibility index (Phi) is 7.89. The number of hydrogen-bond acceptors (Lipinski definition) is 7. The summed E-state index contributed by atoms with van der Waals surface area (Å²) in [4.78, 5) is 12.6. The lowest BCUT2D eigenvalue weighted by Gasteiger charge is -2.14. The van der Waals surface area contributed by atoms with Crippen LogP contribution in [0.15, 0.2) is 75.8 Å². The van der Waals surface area contributed by atoms with E-state index in [4.69, 9.17) is 27.9 Å². The van der Waals surface area contributed by atoms with Crippen molar-refractivity contribution in [2.45, 2.75) is 18.2 Å². The Hall–Kier alpha value is -3.70. The van der Waals surface area contributed by atoms with E-state index >= 15 is 0 Å². The van der Waals surface area contributed by atoms with Gasteiger partial charge in [-0.3, -0.25) is 9.35 Å². The second kappa shape index (κ2) is 11.0. The van der Waals surface area contributed by atoms with Gasteiger partial charge < -0.3 is 15.2 Å². The minimum Gasteiger partial charge on any atom is -0.505 e. The number of aromatic hydroxyl groups is 1. The van der Waals surface area contributed by atoms with Crippen LogP contribution < -0.4 is 10.1 Å². The summed E-state index contributed by atoms with van der Waals surface area (Å²) in [6.07, 6.45) is 0.352. The molecule has 1 amide bonds. The molecule has 3 N–H and O–H groups in total. The molecule has 38 heavy (non-hydrogen) atoms. The molecule has 0 atom stereocenters. The van der Waals surface area contributed by atoms with Gasteiger partial charge in [0.05, 0.1) is 28.4 Å². The summed E-state index contributed by atoms with van der Waals surface area (Å²) in [5, 5.41) is 23.1. The normalized spacial score (nSPS) is 11.7. The first-order chi connectivity index (χ1) is 18.1. The zero-order valence-electron chi connectivity index (χ0n) is 20.1.